The molecule has 0 spiro atoms. The molecule has 0 heterocycles. The fourth-order valence-corrected chi connectivity index (χ4v) is 2.37. The van der Waals surface area contributed by atoms with Crippen molar-refractivity contribution in [2.45, 2.75) is 19.3 Å². The highest BCUT2D eigenvalue weighted by Gasteiger charge is 2.71. The number of carboxylic acid groups (broad SMARTS) is 1. The predicted octanol–water partition coefficient (Wildman–Crippen LogP) is 1.21. The van der Waals surface area contributed by atoms with Gasteiger partial charge in [-0.3, -0.25) is 9.18 Å². The summed E-state index contributed by atoms with van der Waals surface area (Å²) < 4.78 is 12.1. The van der Waals surface area contributed by atoms with Crippen LogP contribution in [0.4, 0.5) is 4.39 Å². The molecule has 0 atom stereocenters. The molecule has 3 aliphatic rings. The molecule has 2 bridgehead atoms. The second-order valence-corrected chi connectivity index (χ2v) is 3.75. The van der Waals surface area contributed by atoms with Crippen LogP contribution in [-0.4, -0.2) is 17.8 Å². The molecule has 1 N–H and O–H groups in total. The number of aliphatic carboxylic acids is 1. The second-order valence-electron chi connectivity index (χ2n) is 3.75. The van der Waals surface area contributed by atoms with Crippen LogP contribution < -0.4 is 0 Å². The Hall–Kier alpha value is -0.600. The minimum atomic E-state index is -0.733. The number of carboxylic acids is 1. The Morgan fingerprint density at radius 3 is 2.30 bits per heavy atom. The number of hydrogen-bond acceptors (Lipinski definition) is 1. The molecular weight excluding hydrogens is 135 g/mol. The number of hydrogen-bond donors (Lipinski definition) is 1. The van der Waals surface area contributed by atoms with Crippen LogP contribution in [0.1, 0.15) is 19.3 Å². The third-order valence-corrected chi connectivity index (χ3v) is 2.88. The standard InChI is InChI=1S/C7H9FO2/c8-4-6-1-7(2-6,3-6)5(9)10/h1-4H2,(H,9,10). The Balaban J connectivity index is 2.04. The largest absolute Gasteiger partial charge is 0.481 e. The van der Waals surface area contributed by atoms with Crippen molar-refractivity contribution in [1.82, 2.24) is 0 Å². The highest BCUT2D eigenvalue weighted by molar-refractivity contribution is 5.79. The van der Waals surface area contributed by atoms with Crippen molar-refractivity contribution in [2.24, 2.45) is 10.8 Å². The molecule has 3 aliphatic carbocycles. The van der Waals surface area contributed by atoms with E-state index < -0.39 is 11.4 Å². The summed E-state index contributed by atoms with van der Waals surface area (Å²) >= 11 is 0. The molecule has 3 heteroatoms. The van der Waals surface area contributed by atoms with Gasteiger partial charge in [0.05, 0.1) is 12.1 Å². The van der Waals surface area contributed by atoms with E-state index in [0.29, 0.717) is 19.3 Å². The normalized spacial score (nSPS) is 49.3. The minimum absolute atomic E-state index is 0.196. The van der Waals surface area contributed by atoms with Crippen molar-refractivity contribution in [3.8, 4) is 0 Å². The first-order valence-electron chi connectivity index (χ1n) is 3.42. The van der Waals surface area contributed by atoms with Crippen molar-refractivity contribution in [2.75, 3.05) is 6.67 Å². The van der Waals surface area contributed by atoms with E-state index in [-0.39, 0.29) is 12.1 Å². The zero-order chi connectivity index (χ0) is 7.41. The van der Waals surface area contributed by atoms with Crippen molar-refractivity contribution in [3.63, 3.8) is 0 Å². The molecule has 3 rings (SSSR count). The fraction of sp³-hybridized carbons (Fsp3) is 0.857. The number of rotatable bonds is 2. The predicted molar refractivity (Wildman–Crippen MR) is 32.3 cm³/mol. The van der Waals surface area contributed by atoms with Crippen molar-refractivity contribution in [3.05, 3.63) is 0 Å². The molecule has 0 aliphatic heterocycles. The highest BCUT2D eigenvalue weighted by Crippen LogP contribution is 2.73. The highest BCUT2D eigenvalue weighted by atomic mass is 19.1. The molecule has 2 nitrogen and oxygen atoms in total. The number of halogens is 1. The van der Waals surface area contributed by atoms with Gasteiger partial charge < -0.3 is 5.11 Å². The lowest BCUT2D eigenvalue weighted by Gasteiger charge is -2.67. The summed E-state index contributed by atoms with van der Waals surface area (Å²) in [6.45, 7) is -0.331. The molecule has 0 saturated heterocycles. The summed E-state index contributed by atoms with van der Waals surface area (Å²) in [6.07, 6.45) is 1.73. The van der Waals surface area contributed by atoms with Crippen molar-refractivity contribution in [1.29, 1.82) is 0 Å². The maximum absolute atomic E-state index is 12.1. The topological polar surface area (TPSA) is 37.3 Å². The first-order valence-corrected chi connectivity index (χ1v) is 3.42. The van der Waals surface area contributed by atoms with Crippen LogP contribution in [0.15, 0.2) is 0 Å². The lowest BCUT2D eigenvalue weighted by molar-refractivity contribution is -0.227. The zero-order valence-electron chi connectivity index (χ0n) is 5.56. The first-order chi connectivity index (χ1) is 4.63. The van der Waals surface area contributed by atoms with E-state index >= 15 is 0 Å². The molecule has 0 radical (unpaired) electrons. The summed E-state index contributed by atoms with van der Waals surface area (Å²) in [6, 6.07) is 0. The number of alkyl halides is 1. The van der Waals surface area contributed by atoms with E-state index in [1.807, 2.05) is 0 Å². The molecule has 0 aromatic rings. The maximum Gasteiger partial charge on any atom is 0.309 e. The summed E-state index contributed by atoms with van der Waals surface area (Å²) in [7, 11) is 0. The molecule has 0 unspecified atom stereocenters. The van der Waals surface area contributed by atoms with Gasteiger partial charge in [0.15, 0.2) is 0 Å². The van der Waals surface area contributed by atoms with Gasteiger partial charge in [-0.2, -0.15) is 0 Å². The third-order valence-electron chi connectivity index (χ3n) is 2.88. The van der Waals surface area contributed by atoms with Gasteiger partial charge in [0.2, 0.25) is 0 Å². The maximum atomic E-state index is 12.1. The Morgan fingerprint density at radius 1 is 1.50 bits per heavy atom. The van der Waals surface area contributed by atoms with E-state index in [9.17, 15) is 9.18 Å². The average molecular weight is 144 g/mol. The van der Waals surface area contributed by atoms with Gasteiger partial charge in [-0.15, -0.1) is 0 Å². The monoisotopic (exact) mass is 144 g/mol. The van der Waals surface area contributed by atoms with Crippen molar-refractivity contribution >= 4 is 5.97 Å². The second kappa shape index (κ2) is 1.36. The van der Waals surface area contributed by atoms with Crippen LogP contribution in [0, 0.1) is 10.8 Å². The van der Waals surface area contributed by atoms with Gasteiger partial charge in [-0.05, 0) is 19.3 Å². The quantitative estimate of drug-likeness (QED) is 0.632. The Morgan fingerprint density at radius 2 is 2.00 bits per heavy atom. The molecule has 0 amide bonds. The van der Waals surface area contributed by atoms with Crippen LogP contribution in [0.5, 0.6) is 0 Å². The number of carbonyl (C=O) groups is 1. The van der Waals surface area contributed by atoms with Crippen LogP contribution in [0.25, 0.3) is 0 Å². The fourth-order valence-electron chi connectivity index (χ4n) is 2.37. The van der Waals surface area contributed by atoms with E-state index in [1.165, 1.54) is 0 Å². The van der Waals surface area contributed by atoms with Crippen LogP contribution >= 0.6 is 0 Å². The van der Waals surface area contributed by atoms with Crippen LogP contribution in [0.3, 0.4) is 0 Å². The van der Waals surface area contributed by atoms with Gasteiger partial charge >= 0.3 is 5.97 Å². The van der Waals surface area contributed by atoms with Crippen LogP contribution in [0.2, 0.25) is 0 Å². The van der Waals surface area contributed by atoms with Gasteiger partial charge in [-0.25, -0.2) is 0 Å². The zero-order valence-corrected chi connectivity index (χ0v) is 5.56. The molecule has 3 fully saturated rings. The lowest BCUT2D eigenvalue weighted by atomic mass is 9.35. The summed E-state index contributed by atoms with van der Waals surface area (Å²) in [5.74, 6) is -0.733. The van der Waals surface area contributed by atoms with Gasteiger partial charge in [0.25, 0.3) is 0 Å². The average Bonchev–Trinajstić information content (AvgIpc) is 1.57. The Bertz CT molecular complexity index is 180. The van der Waals surface area contributed by atoms with Gasteiger partial charge in [-0.1, -0.05) is 0 Å². The molecule has 3 saturated carbocycles. The Labute approximate surface area is 58.0 Å². The molecular formula is C7H9FO2. The molecule has 56 valence electrons. The van der Waals surface area contributed by atoms with E-state index in [1.54, 1.807) is 0 Å². The lowest BCUT2D eigenvalue weighted by Crippen LogP contribution is -2.66. The molecule has 0 aromatic carbocycles. The van der Waals surface area contributed by atoms with E-state index in [2.05, 4.69) is 0 Å². The third kappa shape index (κ3) is 0.435. The van der Waals surface area contributed by atoms with E-state index in [4.69, 9.17) is 5.11 Å². The molecule has 10 heavy (non-hydrogen) atoms. The minimum Gasteiger partial charge on any atom is -0.481 e. The first kappa shape index (κ1) is 6.13. The molecule has 0 aromatic heterocycles. The summed E-state index contributed by atoms with van der Waals surface area (Å²) in [5, 5.41) is 8.62. The smallest absolute Gasteiger partial charge is 0.309 e. The van der Waals surface area contributed by atoms with Gasteiger partial charge in [0, 0.05) is 5.41 Å². The van der Waals surface area contributed by atoms with Crippen molar-refractivity contribution < 1.29 is 14.3 Å². The summed E-state index contributed by atoms with van der Waals surface area (Å²) in [4.78, 5) is 10.5. The van der Waals surface area contributed by atoms with Gasteiger partial charge in [0.1, 0.15) is 0 Å². The van der Waals surface area contributed by atoms with Crippen LogP contribution in [-0.2, 0) is 4.79 Å². The SMILES string of the molecule is O=C(O)C12CC(CF)(C1)C2. The Kier molecular flexibility index (Phi) is 0.833. The summed E-state index contributed by atoms with van der Waals surface area (Å²) in [5.41, 5.74) is -0.690. The van der Waals surface area contributed by atoms with E-state index in [0.717, 1.165) is 0 Å².